The highest BCUT2D eigenvalue weighted by atomic mass is 16.6. The minimum atomic E-state index is -0.608. The second-order valence-electron chi connectivity index (χ2n) is 7.42. The molecule has 0 saturated carbocycles. The van der Waals surface area contributed by atoms with Crippen LogP contribution in [0.25, 0.3) is 0 Å². The number of phenolic OH excluding ortho intramolecular Hbond substituents is 1. The number of rotatable bonds is 7. The van der Waals surface area contributed by atoms with Gasteiger partial charge in [-0.05, 0) is 41.8 Å². The molecule has 3 aromatic carbocycles. The fraction of sp³-hybridized carbons (Fsp3) is 0.167. The molecule has 0 fully saturated rings. The van der Waals surface area contributed by atoms with Crippen molar-refractivity contribution in [1.82, 2.24) is 0 Å². The van der Waals surface area contributed by atoms with Crippen molar-refractivity contribution in [2.45, 2.75) is 20.3 Å². The van der Waals surface area contributed by atoms with Crippen LogP contribution in [0.3, 0.4) is 0 Å². The van der Waals surface area contributed by atoms with Crippen LogP contribution >= 0.6 is 0 Å². The summed E-state index contributed by atoms with van der Waals surface area (Å²) >= 11 is 0. The highest BCUT2D eigenvalue weighted by molar-refractivity contribution is 5.93. The Balaban J connectivity index is 1.90. The molecular formula is C24H23N3O4. The first-order valence-electron chi connectivity index (χ1n) is 9.82. The van der Waals surface area contributed by atoms with E-state index in [1.54, 1.807) is 44.2 Å². The Morgan fingerprint density at radius 1 is 1.10 bits per heavy atom. The first-order valence-corrected chi connectivity index (χ1v) is 9.82. The summed E-state index contributed by atoms with van der Waals surface area (Å²) in [5.74, 6) is -0.699. The number of aromatic hydroxyl groups is 1. The Kier molecular flexibility index (Phi) is 6.77. The third-order valence-corrected chi connectivity index (χ3v) is 4.62. The van der Waals surface area contributed by atoms with Crippen molar-refractivity contribution in [3.63, 3.8) is 0 Å². The summed E-state index contributed by atoms with van der Waals surface area (Å²) in [4.78, 5) is 27.0. The molecule has 0 aliphatic heterocycles. The second kappa shape index (κ2) is 9.67. The molecule has 0 aliphatic carbocycles. The SMILES string of the molecule is CC(C)C(=O)Nc1cccc(N=Cc2cc(Cc3ccccc3)cc([N+](=O)[O-])c2O)c1. The van der Waals surface area contributed by atoms with Crippen molar-refractivity contribution < 1.29 is 14.8 Å². The van der Waals surface area contributed by atoms with Crippen LogP contribution in [-0.4, -0.2) is 22.2 Å². The van der Waals surface area contributed by atoms with Gasteiger partial charge in [-0.3, -0.25) is 19.9 Å². The summed E-state index contributed by atoms with van der Waals surface area (Å²) in [5.41, 5.74) is 2.71. The summed E-state index contributed by atoms with van der Waals surface area (Å²) in [5, 5.41) is 24.6. The molecule has 7 nitrogen and oxygen atoms in total. The smallest absolute Gasteiger partial charge is 0.311 e. The molecule has 3 aromatic rings. The Bertz CT molecular complexity index is 1120. The van der Waals surface area contributed by atoms with E-state index in [1.165, 1.54) is 12.3 Å². The Morgan fingerprint density at radius 3 is 2.52 bits per heavy atom. The number of carbonyl (C=O) groups excluding carboxylic acids is 1. The third kappa shape index (κ3) is 5.76. The fourth-order valence-electron chi connectivity index (χ4n) is 2.97. The zero-order valence-corrected chi connectivity index (χ0v) is 17.3. The number of nitrogens with one attached hydrogen (secondary N) is 1. The van der Waals surface area contributed by atoms with Crippen LogP contribution in [0, 0.1) is 16.0 Å². The Morgan fingerprint density at radius 2 is 1.84 bits per heavy atom. The van der Waals surface area contributed by atoms with E-state index in [0.717, 1.165) is 5.56 Å². The van der Waals surface area contributed by atoms with Gasteiger partial charge in [0.25, 0.3) is 0 Å². The Hall–Kier alpha value is -4.00. The molecule has 0 unspecified atom stereocenters. The molecule has 2 N–H and O–H groups in total. The number of nitrogens with zero attached hydrogens (tertiary/aromatic N) is 2. The lowest BCUT2D eigenvalue weighted by atomic mass is 10.0. The first-order chi connectivity index (χ1) is 14.8. The number of anilines is 1. The monoisotopic (exact) mass is 417 g/mol. The molecule has 7 heteroatoms. The second-order valence-corrected chi connectivity index (χ2v) is 7.42. The van der Waals surface area contributed by atoms with Crippen molar-refractivity contribution in [3.8, 4) is 5.75 Å². The number of phenols is 1. The number of carbonyl (C=O) groups is 1. The van der Waals surface area contributed by atoms with Gasteiger partial charge in [-0.2, -0.15) is 0 Å². The zero-order chi connectivity index (χ0) is 22.4. The average molecular weight is 417 g/mol. The van der Waals surface area contributed by atoms with E-state index in [9.17, 15) is 20.0 Å². The van der Waals surface area contributed by atoms with Crippen LogP contribution in [0.4, 0.5) is 17.1 Å². The lowest BCUT2D eigenvalue weighted by Crippen LogP contribution is -2.17. The molecule has 0 aliphatic rings. The maximum Gasteiger partial charge on any atom is 0.311 e. The molecule has 1 amide bonds. The van der Waals surface area contributed by atoms with E-state index < -0.39 is 10.7 Å². The summed E-state index contributed by atoms with van der Waals surface area (Å²) < 4.78 is 0. The lowest BCUT2D eigenvalue weighted by Gasteiger charge is -2.08. The minimum absolute atomic E-state index is 0.108. The highest BCUT2D eigenvalue weighted by Gasteiger charge is 2.18. The maximum absolute atomic E-state index is 11.9. The number of nitro benzene ring substituents is 1. The molecule has 0 saturated heterocycles. The van der Waals surface area contributed by atoms with E-state index in [1.807, 2.05) is 30.3 Å². The van der Waals surface area contributed by atoms with E-state index in [4.69, 9.17) is 0 Å². The summed E-state index contributed by atoms with van der Waals surface area (Å²) in [6.07, 6.45) is 1.87. The third-order valence-electron chi connectivity index (χ3n) is 4.62. The van der Waals surface area contributed by atoms with Gasteiger partial charge in [-0.15, -0.1) is 0 Å². The summed E-state index contributed by atoms with van der Waals surface area (Å²) in [7, 11) is 0. The van der Waals surface area contributed by atoms with Gasteiger partial charge in [0.15, 0.2) is 0 Å². The van der Waals surface area contributed by atoms with Gasteiger partial charge in [0.1, 0.15) is 0 Å². The van der Waals surface area contributed by atoms with Crippen molar-refractivity contribution in [1.29, 1.82) is 0 Å². The van der Waals surface area contributed by atoms with Gasteiger partial charge in [-0.25, -0.2) is 0 Å². The van der Waals surface area contributed by atoms with Gasteiger partial charge in [0.2, 0.25) is 11.7 Å². The Labute approximate surface area is 180 Å². The number of aliphatic imine (C=N–C) groups is 1. The van der Waals surface area contributed by atoms with Gasteiger partial charge >= 0.3 is 5.69 Å². The van der Waals surface area contributed by atoms with Crippen LogP contribution in [-0.2, 0) is 11.2 Å². The molecule has 0 bridgehead atoms. The maximum atomic E-state index is 11.9. The van der Waals surface area contributed by atoms with Crippen LogP contribution < -0.4 is 5.32 Å². The van der Waals surface area contributed by atoms with Crippen molar-refractivity contribution >= 4 is 29.2 Å². The summed E-state index contributed by atoms with van der Waals surface area (Å²) in [6, 6.07) is 19.6. The molecule has 0 heterocycles. The van der Waals surface area contributed by atoms with E-state index in [-0.39, 0.29) is 23.1 Å². The normalized spacial score (nSPS) is 11.1. The molecule has 0 aromatic heterocycles. The predicted octanol–water partition coefficient (Wildman–Crippen LogP) is 5.24. The molecule has 0 radical (unpaired) electrons. The molecule has 31 heavy (non-hydrogen) atoms. The quantitative estimate of drug-likeness (QED) is 0.312. The molecular weight excluding hydrogens is 394 g/mol. The largest absolute Gasteiger partial charge is 0.502 e. The molecule has 0 spiro atoms. The lowest BCUT2D eigenvalue weighted by molar-refractivity contribution is -0.385. The number of benzene rings is 3. The zero-order valence-electron chi connectivity index (χ0n) is 17.3. The predicted molar refractivity (Wildman–Crippen MR) is 121 cm³/mol. The standard InChI is InChI=1S/C24H23N3O4/c1-16(2)24(29)26-21-10-6-9-20(14-21)25-15-19-12-18(11-17-7-4-3-5-8-17)13-22(23(19)28)27(30)31/h3-10,12-16,28H,11H2,1-2H3,(H,26,29). The number of amides is 1. The van der Waals surface area contributed by atoms with E-state index in [2.05, 4.69) is 10.3 Å². The van der Waals surface area contributed by atoms with Crippen molar-refractivity contribution in [2.24, 2.45) is 10.9 Å². The number of hydrogen-bond acceptors (Lipinski definition) is 5. The molecule has 158 valence electrons. The van der Waals surface area contributed by atoms with Crippen LogP contribution in [0.2, 0.25) is 0 Å². The van der Waals surface area contributed by atoms with Gasteiger partial charge in [0, 0.05) is 29.4 Å². The molecule has 3 rings (SSSR count). The van der Waals surface area contributed by atoms with Gasteiger partial charge < -0.3 is 10.4 Å². The van der Waals surface area contributed by atoms with Crippen LogP contribution in [0.5, 0.6) is 5.75 Å². The van der Waals surface area contributed by atoms with Crippen molar-refractivity contribution in [3.05, 3.63) is 93.5 Å². The highest BCUT2D eigenvalue weighted by Crippen LogP contribution is 2.32. The number of nitro groups is 1. The van der Waals surface area contributed by atoms with E-state index in [0.29, 0.717) is 23.4 Å². The van der Waals surface area contributed by atoms with E-state index >= 15 is 0 Å². The fourth-order valence-corrected chi connectivity index (χ4v) is 2.97. The minimum Gasteiger partial charge on any atom is -0.502 e. The summed E-state index contributed by atoms with van der Waals surface area (Å²) in [6.45, 7) is 3.60. The number of hydrogen-bond donors (Lipinski definition) is 2. The molecule has 0 atom stereocenters. The van der Waals surface area contributed by atoms with Crippen LogP contribution in [0.1, 0.15) is 30.5 Å². The average Bonchev–Trinajstić information content (AvgIpc) is 2.74. The van der Waals surface area contributed by atoms with Crippen molar-refractivity contribution in [2.75, 3.05) is 5.32 Å². The van der Waals surface area contributed by atoms with Gasteiger partial charge in [0.05, 0.1) is 10.6 Å². The topological polar surface area (TPSA) is 105 Å². The first kappa shape index (κ1) is 21.7. The van der Waals surface area contributed by atoms with Crippen LogP contribution in [0.15, 0.2) is 71.7 Å². The van der Waals surface area contributed by atoms with Gasteiger partial charge in [-0.1, -0.05) is 50.2 Å².